The van der Waals surface area contributed by atoms with Crippen LogP contribution in [0.25, 0.3) is 0 Å². The fraction of sp³-hybridized carbons (Fsp3) is 0.680. The Labute approximate surface area is 208 Å². The molecule has 35 heavy (non-hydrogen) atoms. The molecule has 2 nitrogen and oxygen atoms in total. The number of hydrogen-bond donors (Lipinski definition) is 0. The lowest BCUT2D eigenvalue weighted by atomic mass is 9.80. The summed E-state index contributed by atoms with van der Waals surface area (Å²) in [4.78, 5) is -3.32. The molecule has 2 atom stereocenters. The van der Waals surface area contributed by atoms with Crippen LogP contribution in [0.5, 0.6) is 0 Å². The third kappa shape index (κ3) is 3.08. The van der Waals surface area contributed by atoms with Gasteiger partial charge in [-0.2, -0.15) is 26.3 Å². The smallest absolute Gasteiger partial charge is 0.352 e. The molecule has 192 valence electrons. The van der Waals surface area contributed by atoms with Gasteiger partial charge in [0.05, 0.1) is 12.2 Å². The largest absolute Gasteiger partial charge is 0.380 e. The number of halogens is 6. The SMILES string of the molecule is FC1(F)C2=C3C=CSC3(OC3CCCCC3)C3(OC4CCCCC4)SC=CC3=C2C(F)(F)C1(F)F. The Morgan fingerprint density at radius 3 is 1.34 bits per heavy atom. The Morgan fingerprint density at radius 1 is 0.600 bits per heavy atom. The van der Waals surface area contributed by atoms with Crippen molar-refractivity contribution in [2.75, 3.05) is 0 Å². The zero-order chi connectivity index (χ0) is 24.7. The fourth-order valence-corrected chi connectivity index (χ4v) is 9.04. The summed E-state index contributed by atoms with van der Waals surface area (Å²) in [5, 5.41) is 3.00. The van der Waals surface area contributed by atoms with E-state index in [0.717, 1.165) is 62.0 Å². The number of alkyl halides is 6. The van der Waals surface area contributed by atoms with Crippen molar-refractivity contribution in [3.8, 4) is 0 Å². The molecular weight excluding hydrogens is 510 g/mol. The molecule has 10 heteroatoms. The molecule has 3 fully saturated rings. The van der Waals surface area contributed by atoms with Crippen molar-refractivity contribution in [3.63, 3.8) is 0 Å². The van der Waals surface area contributed by atoms with Gasteiger partial charge >= 0.3 is 17.8 Å². The molecule has 2 aliphatic heterocycles. The van der Waals surface area contributed by atoms with Crippen molar-refractivity contribution in [2.45, 2.75) is 104 Å². The van der Waals surface area contributed by atoms with Crippen LogP contribution in [-0.2, 0) is 9.47 Å². The molecule has 2 unspecified atom stereocenters. The summed E-state index contributed by atoms with van der Waals surface area (Å²) in [5.74, 6) is -15.7. The molecule has 2 heterocycles. The molecular formula is C25H26F6O2S2. The Hall–Kier alpha value is -0.840. The van der Waals surface area contributed by atoms with Crippen LogP contribution in [0.2, 0.25) is 0 Å². The second kappa shape index (κ2) is 8.08. The topological polar surface area (TPSA) is 18.5 Å². The molecule has 6 rings (SSSR count). The molecule has 0 aromatic rings. The summed E-state index contributed by atoms with van der Waals surface area (Å²) in [6.45, 7) is 0. The highest BCUT2D eigenvalue weighted by molar-refractivity contribution is 8.08. The first-order valence-electron chi connectivity index (χ1n) is 12.3. The summed E-state index contributed by atoms with van der Waals surface area (Å²) in [5.41, 5.74) is -3.20. The third-order valence-electron chi connectivity index (χ3n) is 8.05. The molecule has 0 bridgehead atoms. The van der Waals surface area contributed by atoms with Gasteiger partial charge < -0.3 is 9.47 Å². The molecule has 6 aliphatic rings. The molecule has 0 saturated heterocycles. The maximum atomic E-state index is 15.3. The molecule has 0 aromatic carbocycles. The van der Waals surface area contributed by atoms with E-state index in [4.69, 9.17) is 9.47 Å². The van der Waals surface area contributed by atoms with Crippen molar-refractivity contribution >= 4 is 23.5 Å². The molecule has 0 radical (unpaired) electrons. The number of rotatable bonds is 4. The first-order valence-corrected chi connectivity index (χ1v) is 14.0. The van der Waals surface area contributed by atoms with E-state index in [1.807, 2.05) is 0 Å². The Bertz CT molecular complexity index is 959. The highest BCUT2D eigenvalue weighted by atomic mass is 32.2. The molecule has 3 saturated carbocycles. The van der Waals surface area contributed by atoms with Crippen LogP contribution < -0.4 is 0 Å². The van der Waals surface area contributed by atoms with Gasteiger partial charge in [-0.1, -0.05) is 62.0 Å². The average Bonchev–Trinajstić information content (AvgIpc) is 3.46. The van der Waals surface area contributed by atoms with Gasteiger partial charge in [-0.3, -0.25) is 0 Å². The number of thioether (sulfide) groups is 2. The van der Waals surface area contributed by atoms with Gasteiger partial charge in [0.15, 0.2) is 9.87 Å². The van der Waals surface area contributed by atoms with E-state index in [1.54, 1.807) is 0 Å². The Balaban J connectivity index is 1.59. The van der Waals surface area contributed by atoms with E-state index in [0.29, 0.717) is 25.7 Å². The van der Waals surface area contributed by atoms with Gasteiger partial charge in [-0.25, -0.2) is 0 Å². The molecule has 0 amide bonds. The van der Waals surface area contributed by atoms with Crippen molar-refractivity contribution in [2.24, 2.45) is 0 Å². The van der Waals surface area contributed by atoms with Gasteiger partial charge in [-0.15, -0.1) is 0 Å². The quantitative estimate of drug-likeness (QED) is 0.338. The van der Waals surface area contributed by atoms with Crippen molar-refractivity contribution in [1.82, 2.24) is 0 Å². The van der Waals surface area contributed by atoms with E-state index < -0.39 is 38.8 Å². The van der Waals surface area contributed by atoms with Gasteiger partial charge in [0.25, 0.3) is 0 Å². The van der Waals surface area contributed by atoms with Crippen molar-refractivity contribution < 1.29 is 35.8 Å². The number of fused-ring (bicyclic) bond motifs is 4. The zero-order valence-corrected chi connectivity index (χ0v) is 20.6. The monoisotopic (exact) mass is 536 g/mol. The van der Waals surface area contributed by atoms with Crippen LogP contribution in [0.3, 0.4) is 0 Å². The zero-order valence-electron chi connectivity index (χ0n) is 18.9. The summed E-state index contributed by atoms with van der Waals surface area (Å²) in [6, 6.07) is 0. The van der Waals surface area contributed by atoms with Gasteiger partial charge in [-0.05, 0) is 48.7 Å². The second-order valence-corrected chi connectivity index (χ2v) is 12.3. The molecule has 0 N–H and O–H groups in total. The maximum absolute atomic E-state index is 15.3. The fourth-order valence-electron chi connectivity index (χ4n) is 6.35. The van der Waals surface area contributed by atoms with Crippen molar-refractivity contribution in [3.05, 3.63) is 45.3 Å². The summed E-state index contributed by atoms with van der Waals surface area (Å²) >= 11 is 2.15. The first-order chi connectivity index (χ1) is 16.6. The molecule has 0 spiro atoms. The lowest BCUT2D eigenvalue weighted by molar-refractivity contribution is -0.258. The van der Waals surface area contributed by atoms with E-state index in [2.05, 4.69) is 0 Å². The Kier molecular flexibility index (Phi) is 5.65. The second-order valence-electron chi connectivity index (χ2n) is 10.1. The summed E-state index contributed by atoms with van der Waals surface area (Å²) in [7, 11) is 0. The number of hydrogen-bond acceptors (Lipinski definition) is 4. The van der Waals surface area contributed by atoms with Gasteiger partial charge in [0.2, 0.25) is 0 Å². The average molecular weight is 537 g/mol. The minimum Gasteiger partial charge on any atom is -0.352 e. The van der Waals surface area contributed by atoms with E-state index in [-0.39, 0.29) is 23.4 Å². The van der Waals surface area contributed by atoms with Crippen LogP contribution in [0.4, 0.5) is 26.3 Å². The third-order valence-corrected chi connectivity index (χ3v) is 10.6. The minimum atomic E-state index is -5.57. The predicted octanol–water partition coefficient (Wildman–Crippen LogP) is 8.12. The van der Waals surface area contributed by atoms with Gasteiger partial charge in [0.1, 0.15) is 0 Å². The first kappa shape index (κ1) is 24.5. The van der Waals surface area contributed by atoms with E-state index >= 15 is 17.6 Å². The van der Waals surface area contributed by atoms with Crippen LogP contribution >= 0.6 is 23.5 Å². The lowest BCUT2D eigenvalue weighted by Gasteiger charge is -2.52. The highest BCUT2D eigenvalue weighted by Gasteiger charge is 2.85. The van der Waals surface area contributed by atoms with E-state index in [1.165, 1.54) is 23.0 Å². The molecule has 0 aromatic heterocycles. The highest BCUT2D eigenvalue weighted by Crippen LogP contribution is 2.73. The predicted molar refractivity (Wildman–Crippen MR) is 124 cm³/mol. The standard InChI is InChI=1S/C25H26F6O2S2/c26-21(27)19-17-11-13-34-23(17,32-15-7-3-1-4-8-15)24(33-16-9-5-2-6-10-16)18(12-14-35-24)20(19)22(28,29)25(21,30)31/h11-16H,1-10H2. The number of ether oxygens (including phenoxy) is 2. The van der Waals surface area contributed by atoms with Crippen molar-refractivity contribution in [1.29, 1.82) is 0 Å². The minimum absolute atomic E-state index is 0.305. The van der Waals surface area contributed by atoms with Crippen LogP contribution in [0, 0.1) is 0 Å². The maximum Gasteiger partial charge on any atom is 0.380 e. The summed E-state index contributed by atoms with van der Waals surface area (Å²) < 4.78 is 104. The van der Waals surface area contributed by atoms with Crippen LogP contribution in [0.1, 0.15) is 64.2 Å². The normalized spacial score (nSPS) is 37.7. The van der Waals surface area contributed by atoms with E-state index in [9.17, 15) is 8.78 Å². The summed E-state index contributed by atoms with van der Waals surface area (Å²) in [6.07, 6.45) is 10.3. The lowest BCUT2D eigenvalue weighted by Crippen LogP contribution is -2.58. The van der Waals surface area contributed by atoms with Crippen LogP contribution in [0.15, 0.2) is 45.3 Å². The number of allylic oxidation sites excluding steroid dienone is 2. The van der Waals surface area contributed by atoms with Gasteiger partial charge in [0, 0.05) is 22.3 Å². The van der Waals surface area contributed by atoms with Crippen LogP contribution in [-0.4, -0.2) is 39.8 Å². The molecule has 4 aliphatic carbocycles. The Morgan fingerprint density at radius 2 is 0.971 bits per heavy atom.